The fourth-order valence-corrected chi connectivity index (χ4v) is 4.75. The Morgan fingerprint density at radius 2 is 1.85 bits per heavy atom. The summed E-state index contributed by atoms with van der Waals surface area (Å²) in [5.74, 6) is -1.20. The highest BCUT2D eigenvalue weighted by Crippen LogP contribution is 2.25. The molecule has 2 aromatic rings. The van der Waals surface area contributed by atoms with E-state index in [1.165, 1.54) is 5.01 Å². The van der Waals surface area contributed by atoms with Crippen molar-refractivity contribution in [2.45, 2.75) is 78.7 Å². The molecule has 39 heavy (non-hydrogen) atoms. The molecule has 4 atom stereocenters. The summed E-state index contributed by atoms with van der Waals surface area (Å²) in [4.78, 5) is 44.1. The number of aromatic nitrogens is 1. The Hall–Kier alpha value is -3.30. The molecule has 0 aliphatic carbocycles. The van der Waals surface area contributed by atoms with Crippen molar-refractivity contribution in [3.8, 4) is 0 Å². The predicted octanol–water partition coefficient (Wildman–Crippen LogP) is 3.93. The van der Waals surface area contributed by atoms with Gasteiger partial charge in [0.2, 0.25) is 5.91 Å². The molecule has 210 valence electrons. The number of nitrogens with zero attached hydrogens (tertiary/aromatic N) is 2. The number of carbonyl (C=O) groups is 3. The lowest BCUT2D eigenvalue weighted by Crippen LogP contribution is -2.60. The molecule has 2 amide bonds. The van der Waals surface area contributed by atoms with Crippen LogP contribution in [0.4, 0.5) is 0 Å². The predicted molar refractivity (Wildman–Crippen MR) is 149 cm³/mol. The molecule has 0 unspecified atom stereocenters. The highest BCUT2D eigenvalue weighted by Gasteiger charge is 2.34. The van der Waals surface area contributed by atoms with Gasteiger partial charge >= 0.3 is 5.97 Å². The van der Waals surface area contributed by atoms with Gasteiger partial charge in [-0.25, -0.2) is 10.4 Å². The van der Waals surface area contributed by atoms with Crippen LogP contribution in [-0.2, 0) is 23.9 Å². The smallest absolute Gasteiger partial charge is 0.325 e. The van der Waals surface area contributed by atoms with Gasteiger partial charge < -0.3 is 14.8 Å². The van der Waals surface area contributed by atoms with Crippen LogP contribution in [0.5, 0.6) is 0 Å². The van der Waals surface area contributed by atoms with Crippen molar-refractivity contribution in [2.24, 2.45) is 11.3 Å². The molecule has 1 fully saturated rings. The molecule has 2 aliphatic rings. The lowest BCUT2D eigenvalue weighted by atomic mass is 9.93. The minimum Gasteiger partial charge on any atom is -0.455 e. The quantitative estimate of drug-likeness (QED) is 0.532. The molecule has 1 saturated heterocycles. The number of hydrogen-bond donors (Lipinski definition) is 2. The molecule has 9 nitrogen and oxygen atoms in total. The maximum Gasteiger partial charge on any atom is 0.325 e. The second-order valence-corrected chi connectivity index (χ2v) is 11.6. The van der Waals surface area contributed by atoms with Crippen LogP contribution in [0, 0.1) is 11.3 Å². The molecule has 1 aromatic carbocycles. The molecule has 5 bridgehead atoms. The molecule has 2 aliphatic heterocycles. The van der Waals surface area contributed by atoms with Crippen LogP contribution in [-0.4, -0.2) is 59.1 Å². The lowest BCUT2D eigenvalue weighted by molar-refractivity contribution is -0.157. The number of amides is 2. The SMILES string of the molecule is CC(C)[C@@H]1OCC(C)(C)/C=C/c2ccc3ccc(nc3c2)[C@@H](C)OC(=O)[C@@H]2CCCN(N2)C(=O)[C@H](C)NC1=O. The van der Waals surface area contributed by atoms with Gasteiger partial charge in [-0.2, -0.15) is 0 Å². The summed E-state index contributed by atoms with van der Waals surface area (Å²) in [7, 11) is 0. The summed E-state index contributed by atoms with van der Waals surface area (Å²) in [5, 5.41) is 5.20. The van der Waals surface area contributed by atoms with Crippen molar-refractivity contribution >= 4 is 34.8 Å². The number of benzene rings is 1. The second-order valence-electron chi connectivity index (χ2n) is 11.6. The van der Waals surface area contributed by atoms with E-state index in [-0.39, 0.29) is 23.1 Å². The van der Waals surface area contributed by atoms with Crippen LogP contribution < -0.4 is 10.7 Å². The number of esters is 1. The first-order valence-corrected chi connectivity index (χ1v) is 13.7. The van der Waals surface area contributed by atoms with Gasteiger partial charge in [0.1, 0.15) is 24.3 Å². The highest BCUT2D eigenvalue weighted by atomic mass is 16.5. The minimum absolute atomic E-state index is 0.0938. The number of pyridine rings is 1. The normalized spacial score (nSPS) is 27.8. The van der Waals surface area contributed by atoms with Gasteiger partial charge in [-0.1, -0.05) is 58.0 Å². The van der Waals surface area contributed by atoms with E-state index in [2.05, 4.69) is 16.8 Å². The number of cyclic esters (lactones) is 1. The van der Waals surface area contributed by atoms with Crippen LogP contribution in [0.2, 0.25) is 0 Å². The monoisotopic (exact) mass is 536 g/mol. The Labute approximate surface area is 230 Å². The van der Waals surface area contributed by atoms with E-state index in [0.717, 1.165) is 16.5 Å². The Kier molecular flexibility index (Phi) is 8.71. The van der Waals surface area contributed by atoms with E-state index >= 15 is 0 Å². The molecular formula is C30H40N4O5. The largest absolute Gasteiger partial charge is 0.455 e. The van der Waals surface area contributed by atoms with Gasteiger partial charge in [0.15, 0.2) is 0 Å². The number of hydrogen-bond acceptors (Lipinski definition) is 7. The average Bonchev–Trinajstić information content (AvgIpc) is 2.90. The zero-order valence-corrected chi connectivity index (χ0v) is 23.7. The molecular weight excluding hydrogens is 496 g/mol. The van der Waals surface area contributed by atoms with Gasteiger partial charge in [0, 0.05) is 17.3 Å². The number of hydrazine groups is 1. The fraction of sp³-hybridized carbons (Fsp3) is 0.533. The summed E-state index contributed by atoms with van der Waals surface area (Å²) >= 11 is 0. The third-order valence-corrected chi connectivity index (χ3v) is 7.14. The average molecular weight is 537 g/mol. The number of rotatable bonds is 1. The number of carbonyl (C=O) groups excluding carboxylic acids is 3. The standard InChI is InChI=1S/C30H40N4O5/c1-18(2)26-27(35)31-19(3)28(36)34-15-7-8-24(33-34)29(37)39-20(4)23-12-11-22-10-9-21(16-25(22)32-23)13-14-30(5,6)17-38-26/h9-14,16,18-20,24,26,33H,7-8,15,17H2,1-6H3,(H,31,35)/b14-13+/t19-,20+,24-,26-/m0/s1. The zero-order valence-electron chi connectivity index (χ0n) is 23.7. The van der Waals surface area contributed by atoms with Crippen LogP contribution in [0.25, 0.3) is 17.0 Å². The first kappa shape index (κ1) is 28.7. The molecule has 0 spiro atoms. The van der Waals surface area contributed by atoms with Gasteiger partial charge in [-0.15, -0.1) is 0 Å². The lowest BCUT2D eigenvalue weighted by Gasteiger charge is -2.35. The van der Waals surface area contributed by atoms with E-state index in [1.54, 1.807) is 13.8 Å². The van der Waals surface area contributed by atoms with Crippen molar-refractivity contribution in [2.75, 3.05) is 13.2 Å². The molecule has 0 radical (unpaired) electrons. The van der Waals surface area contributed by atoms with Gasteiger partial charge in [0.25, 0.3) is 5.91 Å². The van der Waals surface area contributed by atoms with E-state index in [0.29, 0.717) is 31.7 Å². The summed E-state index contributed by atoms with van der Waals surface area (Å²) < 4.78 is 11.9. The second kappa shape index (κ2) is 11.8. The Balaban J connectivity index is 1.67. The molecule has 1 aromatic heterocycles. The first-order valence-electron chi connectivity index (χ1n) is 13.7. The fourth-order valence-electron chi connectivity index (χ4n) is 4.75. The number of fused-ring (bicyclic) bond motifs is 4. The zero-order chi connectivity index (χ0) is 28.3. The number of nitrogens with one attached hydrogen (secondary N) is 2. The molecule has 4 rings (SSSR count). The van der Waals surface area contributed by atoms with Crippen LogP contribution in [0.15, 0.2) is 36.4 Å². The highest BCUT2D eigenvalue weighted by molar-refractivity contribution is 5.89. The van der Waals surface area contributed by atoms with Gasteiger partial charge in [-0.3, -0.25) is 19.4 Å². The first-order chi connectivity index (χ1) is 18.4. The van der Waals surface area contributed by atoms with E-state index in [1.807, 2.05) is 64.1 Å². The maximum atomic E-state index is 13.2. The van der Waals surface area contributed by atoms with Crippen molar-refractivity contribution in [3.63, 3.8) is 0 Å². The van der Waals surface area contributed by atoms with E-state index < -0.39 is 30.3 Å². The van der Waals surface area contributed by atoms with Gasteiger partial charge in [0.05, 0.1) is 17.8 Å². The number of ether oxygens (including phenoxy) is 2. The van der Waals surface area contributed by atoms with Crippen molar-refractivity contribution in [3.05, 3.63) is 47.7 Å². The summed E-state index contributed by atoms with van der Waals surface area (Å²) in [5.41, 5.74) is 5.08. The van der Waals surface area contributed by atoms with Crippen LogP contribution >= 0.6 is 0 Å². The van der Waals surface area contributed by atoms with Crippen molar-refractivity contribution < 1.29 is 23.9 Å². The third kappa shape index (κ3) is 7.02. The Bertz CT molecular complexity index is 1260. The topological polar surface area (TPSA) is 110 Å². The maximum absolute atomic E-state index is 13.2. The van der Waals surface area contributed by atoms with Crippen molar-refractivity contribution in [1.29, 1.82) is 0 Å². The van der Waals surface area contributed by atoms with Gasteiger partial charge in [-0.05, 0) is 50.3 Å². The molecule has 2 N–H and O–H groups in total. The van der Waals surface area contributed by atoms with Crippen LogP contribution in [0.1, 0.15) is 71.7 Å². The summed E-state index contributed by atoms with van der Waals surface area (Å²) in [6.07, 6.45) is 3.97. The third-order valence-electron chi connectivity index (χ3n) is 7.14. The van der Waals surface area contributed by atoms with Crippen LogP contribution in [0.3, 0.4) is 0 Å². The molecule has 0 saturated carbocycles. The molecule has 3 heterocycles. The summed E-state index contributed by atoms with van der Waals surface area (Å²) in [6, 6.07) is 8.41. The van der Waals surface area contributed by atoms with E-state index in [9.17, 15) is 14.4 Å². The van der Waals surface area contributed by atoms with Crippen molar-refractivity contribution in [1.82, 2.24) is 20.7 Å². The minimum atomic E-state index is -0.798. The molecule has 9 heteroatoms. The Morgan fingerprint density at radius 1 is 1.10 bits per heavy atom. The Morgan fingerprint density at radius 3 is 2.59 bits per heavy atom. The summed E-state index contributed by atoms with van der Waals surface area (Å²) in [6.45, 7) is 12.1. The van der Waals surface area contributed by atoms with E-state index in [4.69, 9.17) is 14.5 Å².